The first-order valence-electron chi connectivity index (χ1n) is 10.9. The minimum absolute atomic E-state index is 0.0235. The third-order valence-electron chi connectivity index (χ3n) is 6.87. The quantitative estimate of drug-likeness (QED) is 0.416. The number of hydrogen-bond donors (Lipinski definition) is 2. The van der Waals surface area contributed by atoms with Crippen molar-refractivity contribution in [3.63, 3.8) is 0 Å². The zero-order valence-corrected chi connectivity index (χ0v) is 17.9. The number of allylic oxidation sites excluding steroid dienone is 3. The average molecular weight is 411 g/mol. The Hall–Kier alpha value is -2.56. The highest BCUT2D eigenvalue weighted by Crippen LogP contribution is 2.52. The molecule has 0 spiro atoms. The molecule has 5 nitrogen and oxygen atoms in total. The number of aromatic hydroxyl groups is 2. The minimum atomic E-state index is -0.604. The Morgan fingerprint density at radius 2 is 1.80 bits per heavy atom. The van der Waals surface area contributed by atoms with Crippen LogP contribution in [0.3, 0.4) is 0 Å². The lowest BCUT2D eigenvalue weighted by molar-refractivity contribution is -0.149. The monoisotopic (exact) mass is 410 g/mol. The second kappa shape index (κ2) is 7.60. The highest BCUT2D eigenvalue weighted by atomic mass is 16.5. The van der Waals surface area contributed by atoms with Gasteiger partial charge in [-0.25, -0.2) is 0 Å². The molecule has 0 bridgehead atoms. The van der Waals surface area contributed by atoms with Crippen molar-refractivity contribution in [2.45, 2.75) is 70.1 Å². The molecule has 0 amide bonds. The highest BCUT2D eigenvalue weighted by Gasteiger charge is 2.39. The number of benzene rings is 1. The van der Waals surface area contributed by atoms with E-state index in [2.05, 4.69) is 0 Å². The maximum absolute atomic E-state index is 12.6. The number of phenolic OH excluding ortho intramolecular Hbond substituents is 2. The Labute approximate surface area is 177 Å². The summed E-state index contributed by atoms with van der Waals surface area (Å²) in [6.07, 6.45) is 12.1. The standard InChI is InChI=1S/C25H30O5/c1-14-9-10-16(13-30-24(29)15-7-5-4-6-8-15)19-18(14)22(27)20-17(26)11-12-25(2,3)21(20)23(19)28/h9-12,14-16,27-28H,4-8,13H2,1-3H3. The van der Waals surface area contributed by atoms with Gasteiger partial charge in [-0.15, -0.1) is 0 Å². The predicted molar refractivity (Wildman–Crippen MR) is 114 cm³/mol. The summed E-state index contributed by atoms with van der Waals surface area (Å²) in [5.41, 5.74) is 1.13. The maximum atomic E-state index is 12.6. The number of ether oxygens (including phenoxy) is 1. The third-order valence-corrected chi connectivity index (χ3v) is 6.87. The number of phenols is 2. The lowest BCUT2D eigenvalue weighted by atomic mass is 9.70. The summed E-state index contributed by atoms with van der Waals surface area (Å²) < 4.78 is 5.66. The fraction of sp³-hybridized carbons (Fsp3) is 0.520. The normalized spacial score (nSPS) is 25.0. The molecule has 1 saturated carbocycles. The van der Waals surface area contributed by atoms with Gasteiger partial charge in [-0.2, -0.15) is 0 Å². The van der Waals surface area contributed by atoms with Gasteiger partial charge in [0.1, 0.15) is 18.1 Å². The van der Waals surface area contributed by atoms with E-state index in [9.17, 15) is 19.8 Å². The Morgan fingerprint density at radius 3 is 2.50 bits per heavy atom. The summed E-state index contributed by atoms with van der Waals surface area (Å²) in [6, 6.07) is 0. The lowest BCUT2D eigenvalue weighted by Gasteiger charge is -2.34. The first kappa shape index (κ1) is 20.7. The molecule has 0 heterocycles. The summed E-state index contributed by atoms with van der Waals surface area (Å²) in [5, 5.41) is 22.4. The van der Waals surface area contributed by atoms with Gasteiger partial charge < -0.3 is 14.9 Å². The molecule has 2 N–H and O–H groups in total. The summed E-state index contributed by atoms with van der Waals surface area (Å²) in [5.74, 6) is -1.10. The SMILES string of the molecule is CC1C=CC(COC(=O)C2CCCCC2)c2c(O)c3c(c(O)c21)C(=O)C=CC3(C)C. The molecule has 2 unspecified atom stereocenters. The van der Waals surface area contributed by atoms with Gasteiger partial charge in [0.25, 0.3) is 0 Å². The van der Waals surface area contributed by atoms with Crippen molar-refractivity contribution >= 4 is 11.8 Å². The molecule has 3 aliphatic carbocycles. The number of carbonyl (C=O) groups is 2. The van der Waals surface area contributed by atoms with E-state index in [4.69, 9.17) is 4.74 Å². The molecule has 1 aromatic carbocycles. The number of fused-ring (bicyclic) bond motifs is 2. The Balaban J connectivity index is 1.71. The molecule has 1 fully saturated rings. The first-order valence-corrected chi connectivity index (χ1v) is 10.9. The van der Waals surface area contributed by atoms with E-state index in [1.54, 1.807) is 6.08 Å². The molecular weight excluding hydrogens is 380 g/mol. The largest absolute Gasteiger partial charge is 0.507 e. The number of carbonyl (C=O) groups excluding carboxylic acids is 2. The van der Waals surface area contributed by atoms with Crippen molar-refractivity contribution in [3.05, 3.63) is 46.6 Å². The van der Waals surface area contributed by atoms with Crippen LogP contribution in [-0.4, -0.2) is 28.6 Å². The summed E-state index contributed by atoms with van der Waals surface area (Å²) >= 11 is 0. The second-order valence-corrected chi connectivity index (χ2v) is 9.44. The fourth-order valence-corrected chi connectivity index (χ4v) is 5.18. The van der Waals surface area contributed by atoms with Crippen LogP contribution < -0.4 is 0 Å². The van der Waals surface area contributed by atoms with Crippen LogP contribution >= 0.6 is 0 Å². The van der Waals surface area contributed by atoms with E-state index in [1.165, 1.54) is 12.5 Å². The van der Waals surface area contributed by atoms with Crippen LogP contribution in [0.25, 0.3) is 0 Å². The van der Waals surface area contributed by atoms with Crippen molar-refractivity contribution in [3.8, 4) is 11.5 Å². The lowest BCUT2D eigenvalue weighted by Crippen LogP contribution is -2.27. The van der Waals surface area contributed by atoms with Crippen LogP contribution in [-0.2, 0) is 14.9 Å². The van der Waals surface area contributed by atoms with Crippen LogP contribution in [0.2, 0.25) is 0 Å². The van der Waals surface area contributed by atoms with Gasteiger partial charge in [0.15, 0.2) is 5.78 Å². The average Bonchev–Trinajstić information content (AvgIpc) is 2.73. The van der Waals surface area contributed by atoms with Crippen molar-refractivity contribution < 1.29 is 24.5 Å². The minimum Gasteiger partial charge on any atom is -0.507 e. The molecular formula is C25H30O5. The first-order chi connectivity index (χ1) is 14.2. The summed E-state index contributed by atoms with van der Waals surface area (Å²) in [4.78, 5) is 25.1. The maximum Gasteiger partial charge on any atom is 0.308 e. The molecule has 160 valence electrons. The fourth-order valence-electron chi connectivity index (χ4n) is 5.18. The number of ketones is 1. The molecule has 0 aliphatic heterocycles. The topological polar surface area (TPSA) is 83.8 Å². The van der Waals surface area contributed by atoms with Crippen molar-refractivity contribution in [2.75, 3.05) is 6.61 Å². The molecule has 0 saturated heterocycles. The summed E-state index contributed by atoms with van der Waals surface area (Å²) in [7, 11) is 0. The van der Waals surface area contributed by atoms with Gasteiger partial charge in [0, 0.05) is 33.9 Å². The van der Waals surface area contributed by atoms with E-state index in [1.807, 2.05) is 32.9 Å². The van der Waals surface area contributed by atoms with E-state index in [-0.39, 0.29) is 53.2 Å². The number of rotatable bonds is 3. The molecule has 0 radical (unpaired) electrons. The van der Waals surface area contributed by atoms with Crippen LogP contribution in [0.1, 0.15) is 91.8 Å². The molecule has 4 rings (SSSR count). The van der Waals surface area contributed by atoms with Gasteiger partial charge in [0.2, 0.25) is 0 Å². The van der Waals surface area contributed by atoms with Gasteiger partial charge in [0.05, 0.1) is 11.5 Å². The molecule has 1 aromatic rings. The van der Waals surface area contributed by atoms with Gasteiger partial charge >= 0.3 is 5.97 Å². The van der Waals surface area contributed by atoms with Gasteiger partial charge in [-0.05, 0) is 18.9 Å². The third kappa shape index (κ3) is 3.34. The smallest absolute Gasteiger partial charge is 0.308 e. The van der Waals surface area contributed by atoms with Crippen molar-refractivity contribution in [2.24, 2.45) is 5.92 Å². The summed E-state index contributed by atoms with van der Waals surface area (Å²) in [6.45, 7) is 5.84. The van der Waals surface area contributed by atoms with Crippen molar-refractivity contribution in [1.82, 2.24) is 0 Å². The van der Waals surface area contributed by atoms with E-state index in [0.717, 1.165) is 25.7 Å². The molecule has 2 atom stereocenters. The van der Waals surface area contributed by atoms with E-state index in [0.29, 0.717) is 16.7 Å². The van der Waals surface area contributed by atoms with Crippen LogP contribution in [0.5, 0.6) is 11.5 Å². The molecule has 30 heavy (non-hydrogen) atoms. The number of esters is 1. The van der Waals surface area contributed by atoms with E-state index >= 15 is 0 Å². The highest BCUT2D eigenvalue weighted by molar-refractivity contribution is 6.10. The Kier molecular flexibility index (Phi) is 5.25. The van der Waals surface area contributed by atoms with Crippen molar-refractivity contribution in [1.29, 1.82) is 0 Å². The zero-order chi connectivity index (χ0) is 21.6. The van der Waals surface area contributed by atoms with Crippen LogP contribution in [0.4, 0.5) is 0 Å². The van der Waals surface area contributed by atoms with Gasteiger partial charge in [-0.3, -0.25) is 9.59 Å². The Morgan fingerprint density at radius 1 is 1.10 bits per heavy atom. The van der Waals surface area contributed by atoms with Crippen LogP contribution in [0.15, 0.2) is 24.3 Å². The Bertz CT molecular complexity index is 947. The molecule has 3 aliphatic rings. The number of hydrogen-bond acceptors (Lipinski definition) is 5. The van der Waals surface area contributed by atoms with Crippen LogP contribution in [0, 0.1) is 5.92 Å². The zero-order valence-electron chi connectivity index (χ0n) is 17.9. The van der Waals surface area contributed by atoms with Gasteiger partial charge in [-0.1, -0.05) is 58.3 Å². The van der Waals surface area contributed by atoms with E-state index < -0.39 is 5.41 Å². The molecule has 5 heteroatoms. The predicted octanol–water partition coefficient (Wildman–Crippen LogP) is 5.01. The molecule has 0 aromatic heterocycles. The second-order valence-electron chi connectivity index (χ2n) is 9.44.